The van der Waals surface area contributed by atoms with Crippen LogP contribution in [0.5, 0.6) is 0 Å². The molecule has 0 aliphatic heterocycles. The van der Waals surface area contributed by atoms with Crippen molar-refractivity contribution in [3.63, 3.8) is 0 Å². The molecule has 2 rings (SSSR count). The van der Waals surface area contributed by atoms with E-state index in [9.17, 15) is 35.5 Å². The topological polar surface area (TPSA) is 17.1 Å². The third-order valence-corrected chi connectivity index (χ3v) is 2.44. The number of hydrogen-bond donors (Lipinski definition) is 0. The third kappa shape index (κ3) is 1.59. The van der Waals surface area contributed by atoms with Gasteiger partial charge < -0.3 is 0 Å². The van der Waals surface area contributed by atoms with Gasteiger partial charge >= 0.3 is 0 Å². The summed E-state index contributed by atoms with van der Waals surface area (Å²) in [5, 5.41) is -3.25. The molecule has 0 aliphatic rings. The number of rotatable bonds is 1. The number of hydrogen-bond acceptors (Lipinski definition) is 1. The Morgan fingerprint density at radius 3 is 1.32 bits per heavy atom. The van der Waals surface area contributed by atoms with Crippen LogP contribution in [0, 0.1) is 40.7 Å². The van der Waals surface area contributed by atoms with Crippen LogP contribution in [0.15, 0.2) is 0 Å². The average Bonchev–Trinajstić information content (AvgIpc) is 2.40. The van der Waals surface area contributed by atoms with E-state index in [4.69, 9.17) is 0 Å². The minimum absolute atomic E-state index is 0.694. The van der Waals surface area contributed by atoms with E-state index >= 15 is 0 Å². The fourth-order valence-corrected chi connectivity index (χ4v) is 1.59. The van der Waals surface area contributed by atoms with E-state index in [1.54, 1.807) is 0 Å². The lowest BCUT2D eigenvalue weighted by molar-refractivity contribution is 0.410. The molecule has 0 N–H and O–H groups in total. The molecule has 0 heterocycles. The van der Waals surface area contributed by atoms with Crippen LogP contribution in [0.1, 0.15) is 5.56 Å². The maximum atomic E-state index is 13.4. The van der Waals surface area contributed by atoms with Crippen LogP contribution in [0.4, 0.5) is 30.7 Å². The third-order valence-electron chi connectivity index (χ3n) is 2.44. The zero-order chi connectivity index (χ0) is 14.5. The summed E-state index contributed by atoms with van der Waals surface area (Å²) in [4.78, 5) is 10.4. The second kappa shape index (κ2) is 4.22. The van der Waals surface area contributed by atoms with Gasteiger partial charge in [0.25, 0.3) is 0 Å². The van der Waals surface area contributed by atoms with Crippen molar-refractivity contribution < 1.29 is 35.5 Å². The van der Waals surface area contributed by atoms with Crippen molar-refractivity contribution in [3.8, 4) is 0 Å². The van der Waals surface area contributed by atoms with Gasteiger partial charge in [-0.05, 0) is 0 Å². The molecule has 0 unspecified atom stereocenters. The Labute approximate surface area is 99.8 Å². The van der Waals surface area contributed by atoms with Gasteiger partial charge in [0.05, 0.1) is 10.9 Å². The van der Waals surface area contributed by atoms with Gasteiger partial charge in [-0.3, -0.25) is 4.79 Å². The predicted molar refractivity (Wildman–Crippen MR) is 48.4 cm³/mol. The smallest absolute Gasteiger partial charge is 0.237 e. The Kier molecular flexibility index (Phi) is 2.95. The van der Waals surface area contributed by atoms with Crippen molar-refractivity contribution in [1.29, 1.82) is 0 Å². The summed E-state index contributed by atoms with van der Waals surface area (Å²) >= 11 is 0. The fraction of sp³-hybridized carbons (Fsp3) is 0. The van der Waals surface area contributed by atoms with Crippen LogP contribution in [0.2, 0.25) is 0 Å². The highest BCUT2D eigenvalue weighted by molar-refractivity contribution is 5.99. The highest BCUT2D eigenvalue weighted by Gasteiger charge is 2.30. The number of carbonyl (C=O) groups excluding carboxylic acids is 1. The van der Waals surface area contributed by atoms with E-state index in [0.717, 1.165) is 0 Å². The molecular formula is C11F7O. The van der Waals surface area contributed by atoms with Crippen LogP contribution in [0.25, 0.3) is 10.8 Å². The highest BCUT2D eigenvalue weighted by Crippen LogP contribution is 2.33. The molecular weight excluding hydrogens is 281 g/mol. The van der Waals surface area contributed by atoms with Crippen LogP contribution in [-0.4, -0.2) is 6.29 Å². The van der Waals surface area contributed by atoms with Crippen molar-refractivity contribution in [2.45, 2.75) is 0 Å². The molecule has 8 heteroatoms. The Bertz CT molecular complexity index is 715. The molecule has 0 atom stereocenters. The number of benzene rings is 2. The van der Waals surface area contributed by atoms with Crippen molar-refractivity contribution in [2.24, 2.45) is 0 Å². The van der Waals surface area contributed by atoms with Crippen molar-refractivity contribution >= 4 is 17.1 Å². The Balaban J connectivity index is 3.25. The fourth-order valence-electron chi connectivity index (χ4n) is 1.59. The van der Waals surface area contributed by atoms with Crippen molar-refractivity contribution in [2.75, 3.05) is 0 Å². The summed E-state index contributed by atoms with van der Waals surface area (Å²) in [5.74, 6) is -16.1. The molecule has 0 aliphatic carbocycles. The molecule has 2 aromatic rings. The lowest BCUT2D eigenvalue weighted by atomic mass is 10.0. The Morgan fingerprint density at radius 1 is 0.526 bits per heavy atom. The summed E-state index contributed by atoms with van der Waals surface area (Å²) in [6.45, 7) is 0. The van der Waals surface area contributed by atoms with Crippen LogP contribution >= 0.6 is 0 Å². The zero-order valence-corrected chi connectivity index (χ0v) is 8.55. The first-order chi connectivity index (χ1) is 8.82. The Morgan fingerprint density at radius 2 is 0.895 bits per heavy atom. The lowest BCUT2D eigenvalue weighted by Crippen LogP contribution is -2.07. The second-order valence-electron chi connectivity index (χ2n) is 3.42. The first-order valence-electron chi connectivity index (χ1n) is 4.53. The summed E-state index contributed by atoms with van der Waals surface area (Å²) < 4.78 is 91.9. The van der Waals surface area contributed by atoms with Gasteiger partial charge in [0, 0.05) is 5.39 Å². The molecule has 0 amide bonds. The van der Waals surface area contributed by atoms with E-state index < -0.39 is 57.1 Å². The molecule has 1 nitrogen and oxygen atoms in total. The first-order valence-corrected chi connectivity index (χ1v) is 4.53. The predicted octanol–water partition coefficient (Wildman–Crippen LogP) is 3.27. The molecule has 0 fully saturated rings. The summed E-state index contributed by atoms with van der Waals surface area (Å²) in [6.07, 6.45) is 0.694. The van der Waals surface area contributed by atoms with E-state index in [0.29, 0.717) is 6.29 Å². The minimum Gasteiger partial charge on any atom is -0.285 e. The van der Waals surface area contributed by atoms with E-state index in [1.807, 2.05) is 0 Å². The molecule has 19 heavy (non-hydrogen) atoms. The average molecular weight is 281 g/mol. The van der Waals surface area contributed by atoms with Gasteiger partial charge in [-0.2, -0.15) is 0 Å². The monoisotopic (exact) mass is 281 g/mol. The van der Waals surface area contributed by atoms with Gasteiger partial charge in [-0.15, -0.1) is 0 Å². The highest BCUT2D eigenvalue weighted by atomic mass is 19.2. The summed E-state index contributed by atoms with van der Waals surface area (Å²) in [5.41, 5.74) is -1.57. The van der Waals surface area contributed by atoms with Gasteiger partial charge in [-0.1, -0.05) is 0 Å². The van der Waals surface area contributed by atoms with Gasteiger partial charge in [-0.25, -0.2) is 30.7 Å². The van der Waals surface area contributed by atoms with E-state index in [1.165, 1.54) is 0 Å². The molecule has 0 aromatic heterocycles. The summed E-state index contributed by atoms with van der Waals surface area (Å²) in [6, 6.07) is 0. The molecule has 0 bridgehead atoms. The SMILES string of the molecule is O=[C]c1c(F)c(F)c(F)c2c(F)c(F)c(F)c(F)c12. The second-order valence-corrected chi connectivity index (χ2v) is 3.42. The van der Waals surface area contributed by atoms with Crippen molar-refractivity contribution in [3.05, 3.63) is 46.3 Å². The van der Waals surface area contributed by atoms with Crippen LogP contribution < -0.4 is 0 Å². The molecule has 1 radical (unpaired) electrons. The minimum atomic E-state index is -2.41. The molecule has 2 aromatic carbocycles. The van der Waals surface area contributed by atoms with Gasteiger partial charge in [0.2, 0.25) is 6.29 Å². The first kappa shape index (κ1) is 13.3. The van der Waals surface area contributed by atoms with E-state index in [2.05, 4.69) is 0 Å². The number of fused-ring (bicyclic) bond motifs is 1. The quantitative estimate of drug-likeness (QED) is 0.445. The lowest BCUT2D eigenvalue weighted by Gasteiger charge is -2.09. The largest absolute Gasteiger partial charge is 0.285 e. The number of halogens is 7. The van der Waals surface area contributed by atoms with Crippen LogP contribution in [-0.2, 0) is 4.79 Å². The van der Waals surface area contributed by atoms with Gasteiger partial charge in [0.15, 0.2) is 40.7 Å². The van der Waals surface area contributed by atoms with Crippen LogP contribution in [0.3, 0.4) is 0 Å². The molecule has 99 valence electrons. The van der Waals surface area contributed by atoms with E-state index in [-0.39, 0.29) is 0 Å². The zero-order valence-electron chi connectivity index (χ0n) is 8.55. The maximum absolute atomic E-state index is 13.4. The molecule has 0 spiro atoms. The summed E-state index contributed by atoms with van der Waals surface area (Å²) in [7, 11) is 0. The Hall–Kier alpha value is -2.12. The van der Waals surface area contributed by atoms with Gasteiger partial charge in [0.1, 0.15) is 0 Å². The standard InChI is InChI=1S/C11F7O/c12-5-2(1-19)3-4(7(14)9(5)16)8(15)11(18)10(17)6(3)13. The molecule has 0 saturated carbocycles. The maximum Gasteiger partial charge on any atom is 0.237 e. The molecule has 0 saturated heterocycles. The van der Waals surface area contributed by atoms with Crippen molar-refractivity contribution in [1.82, 2.24) is 0 Å². The normalized spacial score (nSPS) is 11.1.